The molecular weight excluding hydrogens is 524 g/mol. The highest BCUT2D eigenvalue weighted by Crippen LogP contribution is 2.45. The molecule has 2 amide bonds. The number of hydrogen-bond acceptors (Lipinski definition) is 7. The Morgan fingerprint density at radius 2 is 1.82 bits per heavy atom. The van der Waals surface area contributed by atoms with E-state index in [0.717, 1.165) is 24.0 Å². The van der Waals surface area contributed by atoms with Gasteiger partial charge in [0.05, 0.1) is 27.9 Å². The third-order valence-corrected chi connectivity index (χ3v) is 7.83. The molecule has 3 aromatic rings. The Bertz CT molecular complexity index is 1180. The number of fused-ring (bicyclic) bond motifs is 1. The van der Waals surface area contributed by atoms with Gasteiger partial charge in [-0.05, 0) is 62.4 Å². The van der Waals surface area contributed by atoms with Crippen molar-refractivity contribution in [1.82, 2.24) is 15.2 Å². The van der Waals surface area contributed by atoms with Crippen molar-refractivity contribution >= 4 is 33.4 Å². The van der Waals surface area contributed by atoms with E-state index in [4.69, 9.17) is 5.73 Å². The molecule has 1 heterocycles. The number of rotatable bonds is 11. The molecule has 2 aromatic carbocycles. The van der Waals surface area contributed by atoms with Crippen LogP contribution in [0.25, 0.3) is 10.2 Å². The van der Waals surface area contributed by atoms with E-state index in [1.54, 1.807) is 25.6 Å². The molecule has 9 heteroatoms. The smallest absolute Gasteiger partial charge is 0.236 e. The molecular formula is C31H46N4O4S. The highest BCUT2D eigenvalue weighted by Gasteiger charge is 2.55. The van der Waals surface area contributed by atoms with E-state index in [1.165, 1.54) is 10.3 Å². The molecule has 0 spiro atoms. The van der Waals surface area contributed by atoms with Gasteiger partial charge in [-0.1, -0.05) is 56.7 Å². The summed E-state index contributed by atoms with van der Waals surface area (Å²) < 4.78 is 5.53. The van der Waals surface area contributed by atoms with Crippen LogP contribution in [-0.4, -0.2) is 73.3 Å². The topological polar surface area (TPSA) is 118 Å². The lowest BCUT2D eigenvalue weighted by Crippen LogP contribution is -2.53. The van der Waals surface area contributed by atoms with E-state index in [1.807, 2.05) is 42.9 Å². The summed E-state index contributed by atoms with van der Waals surface area (Å²) in [7, 11) is 5.22. The number of hydrogen-bond donors (Lipinski definition) is 3. The summed E-state index contributed by atoms with van der Waals surface area (Å²) >= 11 is 1.69. The zero-order valence-electron chi connectivity index (χ0n) is 24.7. The lowest BCUT2D eigenvalue weighted by molar-refractivity contribution is -0.136. The van der Waals surface area contributed by atoms with Crippen molar-refractivity contribution in [3.05, 3.63) is 65.2 Å². The summed E-state index contributed by atoms with van der Waals surface area (Å²) in [4.78, 5) is 30.6. The van der Waals surface area contributed by atoms with Crippen molar-refractivity contribution in [3.63, 3.8) is 0 Å². The number of carbonyl (C=O) groups is 2. The summed E-state index contributed by atoms with van der Waals surface area (Å²) in [5, 5.41) is 13.7. The molecule has 3 unspecified atom stereocenters. The third-order valence-electron chi connectivity index (χ3n) is 7.04. The minimum absolute atomic E-state index is 0.362. The van der Waals surface area contributed by atoms with Gasteiger partial charge in [-0.25, -0.2) is 4.98 Å². The highest BCUT2D eigenvalue weighted by atomic mass is 32.1. The number of aliphatic hydroxyl groups excluding tert-OH is 1. The molecule has 1 fully saturated rings. The number of amides is 2. The number of carbonyl (C=O) groups excluding carboxylic acids is 2. The van der Waals surface area contributed by atoms with Crippen molar-refractivity contribution in [2.45, 2.75) is 58.6 Å². The summed E-state index contributed by atoms with van der Waals surface area (Å²) in [6.07, 6.45) is 1.80. The van der Waals surface area contributed by atoms with E-state index in [9.17, 15) is 14.7 Å². The molecule has 4 N–H and O–H groups in total. The van der Waals surface area contributed by atoms with Gasteiger partial charge in [0.1, 0.15) is 5.41 Å². The quantitative estimate of drug-likeness (QED) is 0.298. The SMILES string of the molecule is CCC(C)CN(C)CC(O)C(Cc1ccccc1)NC(=O)C1(C(N)=O)CC1.COC.Cc1ccc2ncsc2c1. The van der Waals surface area contributed by atoms with Crippen LogP contribution < -0.4 is 11.1 Å². The summed E-state index contributed by atoms with van der Waals surface area (Å²) in [6, 6.07) is 15.6. The molecule has 1 aliphatic rings. The Labute approximate surface area is 242 Å². The number of aliphatic hydroxyl groups is 1. The summed E-state index contributed by atoms with van der Waals surface area (Å²) in [6.45, 7) is 7.75. The van der Waals surface area contributed by atoms with Crippen LogP contribution in [0.5, 0.6) is 0 Å². The molecule has 4 rings (SSSR count). The van der Waals surface area contributed by atoms with Crippen molar-refractivity contribution in [1.29, 1.82) is 0 Å². The number of aryl methyl sites for hydroxylation is 1. The number of likely N-dealkylation sites (N-methyl/N-ethyl adjacent to an activating group) is 1. The van der Waals surface area contributed by atoms with Crippen LogP contribution in [0.3, 0.4) is 0 Å². The molecule has 220 valence electrons. The van der Waals surface area contributed by atoms with Gasteiger partial charge in [-0.2, -0.15) is 0 Å². The van der Waals surface area contributed by atoms with Gasteiger partial charge in [-0.3, -0.25) is 9.59 Å². The molecule has 0 saturated heterocycles. The van der Waals surface area contributed by atoms with E-state index >= 15 is 0 Å². The Kier molecular flexibility index (Phi) is 13.7. The number of thiazole rings is 1. The van der Waals surface area contributed by atoms with Crippen LogP contribution in [0.15, 0.2) is 54.0 Å². The Balaban J connectivity index is 0.000000352. The fraction of sp³-hybridized carbons (Fsp3) is 0.516. The maximum Gasteiger partial charge on any atom is 0.236 e. The highest BCUT2D eigenvalue weighted by molar-refractivity contribution is 7.16. The molecule has 1 aromatic heterocycles. The zero-order valence-corrected chi connectivity index (χ0v) is 25.5. The van der Waals surface area contributed by atoms with E-state index in [-0.39, 0.29) is 5.91 Å². The molecule has 0 aliphatic heterocycles. The summed E-state index contributed by atoms with van der Waals surface area (Å²) in [5.41, 5.74) is 9.64. The Morgan fingerprint density at radius 1 is 1.18 bits per heavy atom. The minimum Gasteiger partial charge on any atom is -0.390 e. The first-order chi connectivity index (χ1) is 19.1. The first kappa shape index (κ1) is 33.4. The van der Waals surface area contributed by atoms with Crippen LogP contribution >= 0.6 is 11.3 Å². The van der Waals surface area contributed by atoms with Crippen LogP contribution in [0.4, 0.5) is 0 Å². The number of nitrogens with zero attached hydrogens (tertiary/aromatic N) is 2. The molecule has 0 bridgehead atoms. The normalized spacial score (nSPS) is 15.6. The average Bonchev–Trinajstić information content (AvgIpc) is 3.62. The maximum absolute atomic E-state index is 12.6. The van der Waals surface area contributed by atoms with Gasteiger partial charge < -0.3 is 25.8 Å². The predicted molar refractivity (Wildman–Crippen MR) is 163 cm³/mol. The second-order valence-corrected chi connectivity index (χ2v) is 11.6. The molecule has 3 atom stereocenters. The van der Waals surface area contributed by atoms with Crippen LogP contribution in [0.1, 0.15) is 44.2 Å². The van der Waals surface area contributed by atoms with E-state index in [2.05, 4.69) is 58.9 Å². The molecule has 40 heavy (non-hydrogen) atoms. The van der Waals surface area contributed by atoms with Crippen molar-refractivity contribution in [3.8, 4) is 0 Å². The molecule has 1 aliphatic carbocycles. The predicted octanol–water partition coefficient (Wildman–Crippen LogP) is 4.19. The Hall–Kier alpha value is -2.85. The maximum atomic E-state index is 12.6. The standard InChI is InChI=1S/C21H33N3O3.C8H7NS.C2H6O/c1-4-15(2)13-24(3)14-18(25)17(12-16-8-6-5-7-9-16)23-20(27)21(10-11-21)19(22)26;1-6-2-3-7-8(4-6)10-5-9-7;1-3-2/h5-9,15,17-18,25H,4,10-14H2,1-3H3,(H2,22,26)(H,23,27);2-5H,1H3;1-2H3. The minimum atomic E-state index is -1.09. The largest absolute Gasteiger partial charge is 0.390 e. The van der Waals surface area contributed by atoms with Crippen molar-refractivity contribution in [2.24, 2.45) is 17.1 Å². The first-order valence-corrected chi connectivity index (χ1v) is 14.7. The van der Waals surface area contributed by atoms with Crippen molar-refractivity contribution < 1.29 is 19.4 Å². The monoisotopic (exact) mass is 570 g/mol. The number of nitrogens with two attached hydrogens (primary N) is 1. The number of ether oxygens (including phenoxy) is 1. The second-order valence-electron chi connectivity index (χ2n) is 10.7. The second kappa shape index (κ2) is 16.4. The molecule has 8 nitrogen and oxygen atoms in total. The van der Waals surface area contributed by atoms with Gasteiger partial charge in [0.15, 0.2) is 0 Å². The number of primary amides is 1. The Morgan fingerprint density at radius 3 is 2.40 bits per heavy atom. The zero-order chi connectivity index (χ0) is 29.7. The van der Waals surface area contributed by atoms with E-state index in [0.29, 0.717) is 31.7 Å². The number of nitrogens with one attached hydrogen (secondary N) is 1. The van der Waals surface area contributed by atoms with Gasteiger partial charge in [0, 0.05) is 27.3 Å². The van der Waals surface area contributed by atoms with Crippen molar-refractivity contribution in [2.75, 3.05) is 34.4 Å². The lowest BCUT2D eigenvalue weighted by atomic mass is 9.98. The average molecular weight is 571 g/mol. The van der Waals surface area contributed by atoms with Crippen LogP contribution in [-0.2, 0) is 20.7 Å². The van der Waals surface area contributed by atoms with E-state index < -0.39 is 23.5 Å². The number of aromatic nitrogens is 1. The fourth-order valence-corrected chi connectivity index (χ4v) is 5.09. The van der Waals surface area contributed by atoms with Crippen LogP contribution in [0.2, 0.25) is 0 Å². The number of benzene rings is 2. The van der Waals surface area contributed by atoms with Gasteiger partial charge in [0.25, 0.3) is 0 Å². The van der Waals surface area contributed by atoms with Gasteiger partial charge in [-0.15, -0.1) is 11.3 Å². The number of methoxy groups -OCH3 is 1. The van der Waals surface area contributed by atoms with Crippen LogP contribution in [0, 0.1) is 18.3 Å². The van der Waals surface area contributed by atoms with Gasteiger partial charge >= 0.3 is 0 Å². The lowest BCUT2D eigenvalue weighted by Gasteiger charge is -2.30. The summed E-state index contributed by atoms with van der Waals surface area (Å²) in [5.74, 6) is -0.407. The fourth-order valence-electron chi connectivity index (χ4n) is 4.31. The molecule has 1 saturated carbocycles. The third kappa shape index (κ3) is 10.3. The molecule has 0 radical (unpaired) electrons. The first-order valence-electron chi connectivity index (χ1n) is 13.8. The van der Waals surface area contributed by atoms with Gasteiger partial charge in [0.2, 0.25) is 11.8 Å².